The summed E-state index contributed by atoms with van der Waals surface area (Å²) >= 11 is 5.71. The fourth-order valence-electron chi connectivity index (χ4n) is 1.17. The zero-order valence-corrected chi connectivity index (χ0v) is 6.48. The molecule has 1 aromatic carbocycles. The molecule has 11 heavy (non-hydrogen) atoms. The number of Topliss-reactive ketones (excluding diaryl/α,β-unsaturated/α-hetero) is 1. The first-order chi connectivity index (χ1) is 5.27. The van der Waals surface area contributed by atoms with Crippen molar-refractivity contribution in [3.05, 3.63) is 28.8 Å². The highest BCUT2D eigenvalue weighted by atomic mass is 35.5. The van der Waals surface area contributed by atoms with E-state index in [1.807, 2.05) is 6.07 Å². The van der Waals surface area contributed by atoms with E-state index in [-0.39, 0.29) is 5.78 Å². The molecule has 0 aromatic heterocycles. The molecule has 0 radical (unpaired) electrons. The number of fused-ring (bicyclic) bond motifs is 1. The molecule has 0 aliphatic carbocycles. The van der Waals surface area contributed by atoms with Crippen LogP contribution in [0, 0.1) is 0 Å². The van der Waals surface area contributed by atoms with Crippen LogP contribution in [0.5, 0.6) is 0 Å². The molecule has 0 amide bonds. The number of rotatable bonds is 0. The Bertz CT molecular complexity index is 322. The second kappa shape index (κ2) is 2.24. The molecule has 1 aliphatic heterocycles. The van der Waals surface area contributed by atoms with Gasteiger partial charge in [-0.1, -0.05) is 11.6 Å². The Morgan fingerprint density at radius 3 is 3.09 bits per heavy atom. The maximum absolute atomic E-state index is 11.1. The topological polar surface area (TPSA) is 29.1 Å². The lowest BCUT2D eigenvalue weighted by atomic mass is 10.1. The summed E-state index contributed by atoms with van der Waals surface area (Å²) in [4.78, 5) is 11.1. The van der Waals surface area contributed by atoms with Crippen molar-refractivity contribution in [2.75, 3.05) is 11.9 Å². The van der Waals surface area contributed by atoms with Crippen molar-refractivity contribution in [1.29, 1.82) is 0 Å². The first-order valence-corrected chi connectivity index (χ1v) is 3.72. The summed E-state index contributed by atoms with van der Waals surface area (Å²) in [7, 11) is 0. The number of carbonyl (C=O) groups is 1. The predicted octanol–water partition coefficient (Wildman–Crippen LogP) is 1.95. The van der Waals surface area contributed by atoms with Crippen LogP contribution in [0.3, 0.4) is 0 Å². The zero-order chi connectivity index (χ0) is 7.84. The number of ketones is 1. The van der Waals surface area contributed by atoms with Gasteiger partial charge in [0.15, 0.2) is 5.78 Å². The third kappa shape index (κ3) is 0.994. The number of nitrogens with one attached hydrogen (secondary N) is 1. The Morgan fingerprint density at radius 2 is 2.27 bits per heavy atom. The minimum Gasteiger partial charge on any atom is -0.377 e. The Balaban J connectivity index is 2.60. The van der Waals surface area contributed by atoms with Crippen molar-refractivity contribution < 1.29 is 4.79 Å². The highest BCUT2D eigenvalue weighted by Gasteiger charge is 2.17. The predicted molar refractivity (Wildman–Crippen MR) is 44.3 cm³/mol. The quantitative estimate of drug-likeness (QED) is 0.640. The van der Waals surface area contributed by atoms with Gasteiger partial charge in [0.1, 0.15) is 0 Å². The van der Waals surface area contributed by atoms with E-state index in [9.17, 15) is 4.79 Å². The van der Waals surface area contributed by atoms with Gasteiger partial charge in [0.05, 0.1) is 6.54 Å². The van der Waals surface area contributed by atoms with Crippen LogP contribution in [0.25, 0.3) is 0 Å². The van der Waals surface area contributed by atoms with E-state index in [2.05, 4.69) is 5.32 Å². The van der Waals surface area contributed by atoms with Crippen LogP contribution in [0.1, 0.15) is 10.4 Å². The molecule has 0 spiro atoms. The van der Waals surface area contributed by atoms with Gasteiger partial charge in [-0.15, -0.1) is 0 Å². The van der Waals surface area contributed by atoms with E-state index in [1.54, 1.807) is 12.1 Å². The molecule has 0 bridgehead atoms. The Morgan fingerprint density at radius 1 is 1.45 bits per heavy atom. The van der Waals surface area contributed by atoms with Gasteiger partial charge in [-0.2, -0.15) is 0 Å². The molecular formula is C8H6ClNO. The highest BCUT2D eigenvalue weighted by molar-refractivity contribution is 6.31. The van der Waals surface area contributed by atoms with E-state index in [1.165, 1.54) is 0 Å². The van der Waals surface area contributed by atoms with Crippen molar-refractivity contribution in [1.82, 2.24) is 0 Å². The lowest BCUT2D eigenvalue weighted by Gasteiger charge is -1.96. The first-order valence-electron chi connectivity index (χ1n) is 3.34. The maximum atomic E-state index is 11.1. The van der Waals surface area contributed by atoms with E-state index < -0.39 is 0 Å². The number of halogens is 1. The largest absolute Gasteiger partial charge is 0.377 e. The van der Waals surface area contributed by atoms with E-state index in [0.29, 0.717) is 17.1 Å². The number of carbonyl (C=O) groups excluding carboxylic acids is 1. The van der Waals surface area contributed by atoms with Crippen molar-refractivity contribution >= 4 is 23.1 Å². The summed E-state index contributed by atoms with van der Waals surface area (Å²) in [5.41, 5.74) is 1.59. The molecule has 3 heteroatoms. The summed E-state index contributed by atoms with van der Waals surface area (Å²) in [6.45, 7) is 0.398. The summed E-state index contributed by atoms with van der Waals surface area (Å²) < 4.78 is 0. The van der Waals surface area contributed by atoms with Gasteiger partial charge in [-0.25, -0.2) is 0 Å². The maximum Gasteiger partial charge on any atom is 0.183 e. The van der Waals surface area contributed by atoms with Gasteiger partial charge in [-0.3, -0.25) is 4.79 Å². The third-order valence-corrected chi connectivity index (χ3v) is 1.96. The molecule has 2 nitrogen and oxygen atoms in total. The molecule has 0 unspecified atom stereocenters. The molecule has 2 rings (SSSR count). The van der Waals surface area contributed by atoms with E-state index in [0.717, 1.165) is 5.69 Å². The minimum atomic E-state index is 0.113. The van der Waals surface area contributed by atoms with Crippen LogP contribution in [-0.4, -0.2) is 12.3 Å². The first kappa shape index (κ1) is 6.68. The molecule has 0 fully saturated rings. The van der Waals surface area contributed by atoms with Crippen molar-refractivity contribution in [3.63, 3.8) is 0 Å². The summed E-state index contributed by atoms with van der Waals surface area (Å²) in [5.74, 6) is 0.113. The molecule has 1 heterocycles. The molecule has 0 saturated heterocycles. The van der Waals surface area contributed by atoms with E-state index >= 15 is 0 Å². The SMILES string of the molecule is O=C1CNc2ccc(Cl)cc21. The Hall–Kier alpha value is -1.02. The van der Waals surface area contributed by atoms with Gasteiger partial charge < -0.3 is 5.32 Å². The molecule has 0 saturated carbocycles. The second-order valence-corrected chi connectivity index (χ2v) is 2.90. The number of anilines is 1. The van der Waals surface area contributed by atoms with Gasteiger partial charge in [0.25, 0.3) is 0 Å². The Labute approximate surface area is 69.2 Å². The average Bonchev–Trinajstić information content (AvgIpc) is 2.33. The fourth-order valence-corrected chi connectivity index (χ4v) is 1.34. The number of hydrogen-bond donors (Lipinski definition) is 1. The van der Waals surface area contributed by atoms with Crippen LogP contribution >= 0.6 is 11.6 Å². The van der Waals surface area contributed by atoms with Crippen LogP contribution in [0.4, 0.5) is 5.69 Å². The van der Waals surface area contributed by atoms with Crippen molar-refractivity contribution in [2.45, 2.75) is 0 Å². The normalized spacial score (nSPS) is 14.5. The van der Waals surface area contributed by atoms with Crippen LogP contribution in [-0.2, 0) is 0 Å². The van der Waals surface area contributed by atoms with Crippen LogP contribution < -0.4 is 5.32 Å². The number of hydrogen-bond acceptors (Lipinski definition) is 2. The third-order valence-electron chi connectivity index (χ3n) is 1.72. The molecular weight excluding hydrogens is 162 g/mol. The average molecular weight is 168 g/mol. The van der Waals surface area contributed by atoms with Crippen molar-refractivity contribution in [3.8, 4) is 0 Å². The summed E-state index contributed by atoms with van der Waals surface area (Å²) in [6.07, 6.45) is 0. The van der Waals surface area contributed by atoms with Gasteiger partial charge in [-0.05, 0) is 18.2 Å². The lowest BCUT2D eigenvalue weighted by Crippen LogP contribution is -2.00. The smallest absolute Gasteiger partial charge is 0.183 e. The molecule has 1 aromatic rings. The molecule has 1 aliphatic rings. The second-order valence-electron chi connectivity index (χ2n) is 2.47. The van der Waals surface area contributed by atoms with Gasteiger partial charge >= 0.3 is 0 Å². The summed E-state index contributed by atoms with van der Waals surface area (Å²) in [6, 6.07) is 5.29. The monoisotopic (exact) mass is 167 g/mol. The summed E-state index contributed by atoms with van der Waals surface area (Å²) in [5, 5.41) is 3.58. The molecule has 1 N–H and O–H groups in total. The fraction of sp³-hybridized carbons (Fsp3) is 0.125. The van der Waals surface area contributed by atoms with Crippen LogP contribution in [0.2, 0.25) is 5.02 Å². The van der Waals surface area contributed by atoms with Crippen molar-refractivity contribution in [2.24, 2.45) is 0 Å². The molecule has 0 atom stereocenters. The lowest BCUT2D eigenvalue weighted by molar-refractivity contribution is 0.101. The Kier molecular flexibility index (Phi) is 1.36. The van der Waals surface area contributed by atoms with Gasteiger partial charge in [0.2, 0.25) is 0 Å². The molecule has 56 valence electrons. The standard InChI is InChI=1S/C8H6ClNO/c9-5-1-2-7-6(3-5)8(11)4-10-7/h1-3,10H,4H2. The minimum absolute atomic E-state index is 0.113. The van der Waals surface area contributed by atoms with Gasteiger partial charge in [0, 0.05) is 16.3 Å². The highest BCUT2D eigenvalue weighted by Crippen LogP contribution is 2.24. The van der Waals surface area contributed by atoms with Crippen LogP contribution in [0.15, 0.2) is 18.2 Å². The zero-order valence-electron chi connectivity index (χ0n) is 5.73. The van der Waals surface area contributed by atoms with E-state index in [4.69, 9.17) is 11.6 Å². The number of benzene rings is 1.